The van der Waals surface area contributed by atoms with Crippen LogP contribution in [0, 0.1) is 0 Å². The Morgan fingerprint density at radius 1 is 1.50 bits per heavy atom. The van der Waals surface area contributed by atoms with Crippen LogP contribution in [0.15, 0.2) is 11.8 Å². The fourth-order valence-electron chi connectivity index (χ4n) is 1.47. The summed E-state index contributed by atoms with van der Waals surface area (Å²) in [4.78, 5) is 13.6. The van der Waals surface area contributed by atoms with Crippen LogP contribution in [0.2, 0.25) is 0 Å². The lowest BCUT2D eigenvalue weighted by atomic mass is 10.3. The van der Waals surface area contributed by atoms with Crippen LogP contribution >= 0.6 is 11.8 Å². The van der Waals surface area contributed by atoms with Crippen molar-refractivity contribution in [2.75, 3.05) is 26.5 Å². The molecule has 0 unspecified atom stereocenters. The molecule has 0 fully saturated rings. The molecule has 0 aromatic rings. The van der Waals surface area contributed by atoms with Gasteiger partial charge in [-0.25, -0.2) is 4.79 Å². The number of nitrogens with one attached hydrogen (secondary N) is 1. The van der Waals surface area contributed by atoms with Gasteiger partial charge in [0.05, 0.1) is 6.61 Å². The molecule has 1 atom stereocenters. The summed E-state index contributed by atoms with van der Waals surface area (Å²) in [6.45, 7) is 7.32. The van der Waals surface area contributed by atoms with Gasteiger partial charge < -0.3 is 10.1 Å². The van der Waals surface area contributed by atoms with E-state index in [2.05, 4.69) is 30.4 Å². The third-order valence-electron chi connectivity index (χ3n) is 2.46. The lowest BCUT2D eigenvalue weighted by Gasteiger charge is -2.28. The fourth-order valence-corrected chi connectivity index (χ4v) is 2.24. The molecule has 0 radical (unpaired) electrons. The Bertz CT molecular complexity index is 270. The van der Waals surface area contributed by atoms with E-state index in [-0.39, 0.29) is 11.5 Å². The molecule has 0 aromatic carbocycles. The van der Waals surface area contributed by atoms with E-state index in [9.17, 15) is 4.79 Å². The van der Waals surface area contributed by atoms with Crippen molar-refractivity contribution in [2.24, 2.45) is 0 Å². The van der Waals surface area contributed by atoms with Gasteiger partial charge in [-0.2, -0.15) is 0 Å². The molecule has 0 amide bonds. The first-order valence-corrected chi connectivity index (χ1v) is 7.68. The Kier molecular flexibility index (Phi) is 9.87. The molecule has 0 aliphatic rings. The summed E-state index contributed by atoms with van der Waals surface area (Å²) in [7, 11) is 2.08. The summed E-state index contributed by atoms with van der Waals surface area (Å²) >= 11 is 1.72. The molecular formula is C13H26N2O2S. The highest BCUT2D eigenvalue weighted by Gasteiger charge is 2.12. The van der Waals surface area contributed by atoms with Gasteiger partial charge in [0, 0.05) is 18.3 Å². The predicted octanol–water partition coefficient (Wildman–Crippen LogP) is 2.42. The van der Waals surface area contributed by atoms with E-state index >= 15 is 0 Å². The number of nitrogens with zero attached hydrogens (tertiary/aromatic N) is 1. The summed E-state index contributed by atoms with van der Waals surface area (Å²) in [5.41, 5.74) is 1.01. The number of ether oxygens (including phenoxy) is 1. The van der Waals surface area contributed by atoms with Gasteiger partial charge in [-0.3, -0.25) is 4.90 Å². The highest BCUT2D eigenvalue weighted by Crippen LogP contribution is 2.10. The third kappa shape index (κ3) is 7.61. The molecule has 0 aliphatic heterocycles. The number of thioether (sulfide) groups is 1. The molecule has 5 heteroatoms. The van der Waals surface area contributed by atoms with Gasteiger partial charge in [0.2, 0.25) is 0 Å². The van der Waals surface area contributed by atoms with Gasteiger partial charge in [-0.15, -0.1) is 11.8 Å². The molecule has 0 saturated carbocycles. The van der Waals surface area contributed by atoms with E-state index in [0.29, 0.717) is 6.61 Å². The van der Waals surface area contributed by atoms with Crippen molar-refractivity contribution in [1.29, 1.82) is 0 Å². The van der Waals surface area contributed by atoms with Gasteiger partial charge in [0.1, 0.15) is 5.50 Å². The van der Waals surface area contributed by atoms with Crippen molar-refractivity contribution in [3.8, 4) is 0 Å². The van der Waals surface area contributed by atoms with Gasteiger partial charge in [0.15, 0.2) is 0 Å². The highest BCUT2D eigenvalue weighted by molar-refractivity contribution is 7.99. The van der Waals surface area contributed by atoms with E-state index in [4.69, 9.17) is 4.74 Å². The number of rotatable bonds is 9. The van der Waals surface area contributed by atoms with E-state index in [1.807, 2.05) is 6.92 Å². The summed E-state index contributed by atoms with van der Waals surface area (Å²) in [6, 6.07) is 0. The van der Waals surface area contributed by atoms with Crippen molar-refractivity contribution in [3.05, 3.63) is 11.8 Å². The lowest BCUT2D eigenvalue weighted by Crippen LogP contribution is -2.40. The maximum atomic E-state index is 11.3. The first-order chi connectivity index (χ1) is 8.54. The quantitative estimate of drug-likeness (QED) is 0.397. The van der Waals surface area contributed by atoms with Crippen LogP contribution in [0.1, 0.15) is 33.6 Å². The number of carbonyl (C=O) groups is 1. The Morgan fingerprint density at radius 2 is 2.17 bits per heavy atom. The Labute approximate surface area is 115 Å². The number of unbranched alkanes of at least 4 members (excludes halogenated alkanes) is 1. The summed E-state index contributed by atoms with van der Waals surface area (Å²) in [6.07, 6.45) is 5.91. The second-order valence-corrected chi connectivity index (χ2v) is 5.06. The van der Waals surface area contributed by atoms with Gasteiger partial charge in [-0.05, 0) is 33.6 Å². The molecule has 18 heavy (non-hydrogen) atoms. The van der Waals surface area contributed by atoms with E-state index in [1.165, 1.54) is 18.9 Å². The van der Waals surface area contributed by atoms with E-state index in [1.54, 1.807) is 18.7 Å². The zero-order valence-electron chi connectivity index (χ0n) is 12.2. The number of carbonyl (C=O) groups excluding carboxylic acids is 1. The molecular weight excluding hydrogens is 248 g/mol. The van der Waals surface area contributed by atoms with Crippen molar-refractivity contribution >= 4 is 17.7 Å². The van der Waals surface area contributed by atoms with Crippen LogP contribution in [0.3, 0.4) is 0 Å². The molecule has 0 rings (SSSR count). The minimum atomic E-state index is -0.293. The molecule has 1 N–H and O–H groups in total. The fraction of sp³-hybridized carbons (Fsp3) is 0.769. The zero-order valence-corrected chi connectivity index (χ0v) is 13.0. The minimum Gasteiger partial charge on any atom is -0.463 e. The second kappa shape index (κ2) is 10.3. The number of esters is 1. The largest absolute Gasteiger partial charge is 0.463 e. The average molecular weight is 274 g/mol. The monoisotopic (exact) mass is 274 g/mol. The smallest absolute Gasteiger partial charge is 0.332 e. The molecule has 106 valence electrons. The topological polar surface area (TPSA) is 41.6 Å². The van der Waals surface area contributed by atoms with Gasteiger partial charge in [-0.1, -0.05) is 13.3 Å². The van der Waals surface area contributed by atoms with Crippen molar-refractivity contribution in [2.45, 2.75) is 39.1 Å². The van der Waals surface area contributed by atoms with Crippen molar-refractivity contribution < 1.29 is 9.53 Å². The molecule has 4 nitrogen and oxygen atoms in total. The standard InChI is InChI=1S/C13H26N2O2S/c1-6-8-9-15(4)13(18-5)14-11(3)10-12(16)17-7-2/h10,13-14H,6-9H2,1-5H3/b11-10+/t13-/m1/s1. The second-order valence-electron chi connectivity index (χ2n) is 4.15. The summed E-state index contributed by atoms with van der Waals surface area (Å²) < 4.78 is 4.88. The maximum Gasteiger partial charge on any atom is 0.332 e. The van der Waals surface area contributed by atoms with Crippen molar-refractivity contribution in [3.63, 3.8) is 0 Å². The van der Waals surface area contributed by atoms with Crippen LogP contribution in [0.4, 0.5) is 0 Å². The Morgan fingerprint density at radius 3 is 2.67 bits per heavy atom. The lowest BCUT2D eigenvalue weighted by molar-refractivity contribution is -0.137. The third-order valence-corrected chi connectivity index (χ3v) is 3.38. The predicted molar refractivity (Wildman–Crippen MR) is 78.4 cm³/mol. The van der Waals surface area contributed by atoms with Crippen LogP contribution < -0.4 is 5.32 Å². The molecule has 0 bridgehead atoms. The van der Waals surface area contributed by atoms with Gasteiger partial charge in [0.25, 0.3) is 0 Å². The minimum absolute atomic E-state index is 0.183. The molecule has 0 aliphatic carbocycles. The van der Waals surface area contributed by atoms with Crippen LogP contribution in [-0.2, 0) is 9.53 Å². The molecule has 0 heterocycles. The molecule has 0 saturated heterocycles. The zero-order chi connectivity index (χ0) is 14.0. The first kappa shape index (κ1) is 17.3. The summed E-state index contributed by atoms with van der Waals surface area (Å²) in [5.74, 6) is -0.293. The van der Waals surface area contributed by atoms with E-state index < -0.39 is 0 Å². The molecule has 0 spiro atoms. The Hall–Kier alpha value is -0.680. The molecule has 0 aromatic heterocycles. The van der Waals surface area contributed by atoms with Crippen LogP contribution in [0.5, 0.6) is 0 Å². The number of hydrogen-bond donors (Lipinski definition) is 1. The number of allylic oxidation sites excluding steroid dienone is 1. The SMILES string of the molecule is CCCCN(C)[C@@H](N/C(C)=C/C(=O)OCC)SC. The number of hydrogen-bond acceptors (Lipinski definition) is 5. The first-order valence-electron chi connectivity index (χ1n) is 6.39. The van der Waals surface area contributed by atoms with Crippen molar-refractivity contribution in [1.82, 2.24) is 10.2 Å². The van der Waals surface area contributed by atoms with Crippen LogP contribution in [0.25, 0.3) is 0 Å². The summed E-state index contributed by atoms with van der Waals surface area (Å²) in [5, 5.41) is 3.31. The van der Waals surface area contributed by atoms with Crippen LogP contribution in [-0.4, -0.2) is 42.8 Å². The maximum absolute atomic E-state index is 11.3. The normalized spacial score (nSPS) is 13.6. The average Bonchev–Trinajstić information content (AvgIpc) is 2.33. The van der Waals surface area contributed by atoms with Gasteiger partial charge >= 0.3 is 5.97 Å². The van der Waals surface area contributed by atoms with E-state index in [0.717, 1.165) is 12.2 Å². The highest BCUT2D eigenvalue weighted by atomic mass is 32.2. The Balaban J connectivity index is 4.29.